The minimum absolute atomic E-state index is 0.736. The van der Waals surface area contributed by atoms with E-state index in [2.05, 4.69) is 40.5 Å². The van der Waals surface area contributed by atoms with Crippen LogP contribution in [-0.4, -0.2) is 37.7 Å². The predicted molar refractivity (Wildman–Crippen MR) is 88.2 cm³/mol. The molecule has 21 heavy (non-hydrogen) atoms. The minimum atomic E-state index is 0.736. The van der Waals surface area contributed by atoms with Gasteiger partial charge in [0.2, 0.25) is 0 Å². The molecule has 5 heteroatoms. The Kier molecular flexibility index (Phi) is 5.49. The number of aliphatic imine (C=N–C) groups is 1. The number of rotatable bonds is 6. The third kappa shape index (κ3) is 3.68. The van der Waals surface area contributed by atoms with Gasteiger partial charge in [0.1, 0.15) is 5.75 Å². The molecule has 0 bridgehead atoms. The third-order valence-corrected chi connectivity index (χ3v) is 3.31. The van der Waals surface area contributed by atoms with Crippen molar-refractivity contribution in [3.63, 3.8) is 0 Å². The van der Waals surface area contributed by atoms with E-state index in [-0.39, 0.29) is 0 Å². The fourth-order valence-corrected chi connectivity index (χ4v) is 2.38. The quantitative estimate of drug-likeness (QED) is 0.564. The van der Waals surface area contributed by atoms with Crippen molar-refractivity contribution in [3.05, 3.63) is 30.0 Å². The fraction of sp³-hybridized carbons (Fsp3) is 0.438. The van der Waals surface area contributed by atoms with Crippen LogP contribution in [0, 0.1) is 0 Å². The van der Waals surface area contributed by atoms with Crippen LogP contribution in [0.25, 0.3) is 10.9 Å². The molecule has 0 saturated carbocycles. The molecule has 0 aliphatic heterocycles. The second-order valence-electron chi connectivity index (χ2n) is 4.74. The van der Waals surface area contributed by atoms with Crippen molar-refractivity contribution in [1.82, 2.24) is 15.6 Å². The van der Waals surface area contributed by atoms with E-state index in [1.54, 1.807) is 7.11 Å². The van der Waals surface area contributed by atoms with Crippen LogP contribution in [0.4, 0.5) is 0 Å². The zero-order chi connectivity index (χ0) is 15.1. The molecule has 0 amide bonds. The first-order valence-corrected chi connectivity index (χ1v) is 7.45. The first kappa shape index (κ1) is 15.2. The van der Waals surface area contributed by atoms with Gasteiger partial charge in [0, 0.05) is 36.7 Å². The Morgan fingerprint density at radius 3 is 2.67 bits per heavy atom. The van der Waals surface area contributed by atoms with Gasteiger partial charge in [-0.2, -0.15) is 0 Å². The molecule has 1 aromatic heterocycles. The van der Waals surface area contributed by atoms with Crippen LogP contribution < -0.4 is 15.4 Å². The molecule has 0 radical (unpaired) electrons. The Balaban J connectivity index is 2.11. The second-order valence-corrected chi connectivity index (χ2v) is 4.74. The van der Waals surface area contributed by atoms with Crippen molar-refractivity contribution in [2.75, 3.05) is 26.7 Å². The number of aromatic nitrogens is 1. The number of guanidine groups is 1. The SMILES string of the molecule is CCNC(=NCCc1c[nH]c2cccc(OC)c12)NCC. The number of nitrogens with one attached hydrogen (secondary N) is 3. The summed E-state index contributed by atoms with van der Waals surface area (Å²) in [6, 6.07) is 6.05. The van der Waals surface area contributed by atoms with Gasteiger partial charge >= 0.3 is 0 Å². The zero-order valence-corrected chi connectivity index (χ0v) is 13.0. The van der Waals surface area contributed by atoms with E-state index in [0.717, 1.165) is 48.7 Å². The second kappa shape index (κ2) is 7.57. The van der Waals surface area contributed by atoms with Gasteiger partial charge in [-0.25, -0.2) is 0 Å². The maximum absolute atomic E-state index is 5.45. The fourth-order valence-electron chi connectivity index (χ4n) is 2.38. The molecule has 0 atom stereocenters. The van der Waals surface area contributed by atoms with Gasteiger partial charge in [-0.3, -0.25) is 4.99 Å². The van der Waals surface area contributed by atoms with Gasteiger partial charge in [-0.15, -0.1) is 0 Å². The molecular weight excluding hydrogens is 264 g/mol. The number of benzene rings is 1. The summed E-state index contributed by atoms with van der Waals surface area (Å²) in [5, 5.41) is 7.62. The van der Waals surface area contributed by atoms with E-state index >= 15 is 0 Å². The van der Waals surface area contributed by atoms with Crippen LogP contribution in [0.5, 0.6) is 5.75 Å². The summed E-state index contributed by atoms with van der Waals surface area (Å²) in [6.45, 7) is 6.61. The van der Waals surface area contributed by atoms with Gasteiger partial charge in [-0.05, 0) is 38.0 Å². The maximum atomic E-state index is 5.45. The number of hydrogen-bond donors (Lipinski definition) is 3. The molecule has 0 saturated heterocycles. The summed E-state index contributed by atoms with van der Waals surface area (Å²) in [5.74, 6) is 1.78. The number of ether oxygens (including phenoxy) is 1. The summed E-state index contributed by atoms with van der Waals surface area (Å²) in [7, 11) is 1.71. The summed E-state index contributed by atoms with van der Waals surface area (Å²) in [6.07, 6.45) is 2.92. The van der Waals surface area contributed by atoms with Crippen molar-refractivity contribution >= 4 is 16.9 Å². The van der Waals surface area contributed by atoms with Crippen molar-refractivity contribution in [3.8, 4) is 5.75 Å². The van der Waals surface area contributed by atoms with Gasteiger partial charge in [-0.1, -0.05) is 6.07 Å². The number of H-pyrrole nitrogens is 1. The van der Waals surface area contributed by atoms with Gasteiger partial charge in [0.25, 0.3) is 0 Å². The minimum Gasteiger partial charge on any atom is -0.496 e. The molecule has 0 unspecified atom stereocenters. The molecular formula is C16H24N4O. The molecule has 5 nitrogen and oxygen atoms in total. The van der Waals surface area contributed by atoms with E-state index in [0.29, 0.717) is 0 Å². The Morgan fingerprint density at radius 1 is 1.24 bits per heavy atom. The molecule has 1 heterocycles. The zero-order valence-electron chi connectivity index (χ0n) is 13.0. The normalized spacial score (nSPS) is 10.4. The monoisotopic (exact) mass is 288 g/mol. The number of hydrogen-bond acceptors (Lipinski definition) is 2. The van der Waals surface area contributed by atoms with Crippen LogP contribution in [0.3, 0.4) is 0 Å². The van der Waals surface area contributed by atoms with Gasteiger partial charge < -0.3 is 20.4 Å². The Morgan fingerprint density at radius 2 is 2.00 bits per heavy atom. The van der Waals surface area contributed by atoms with Crippen molar-refractivity contribution in [1.29, 1.82) is 0 Å². The van der Waals surface area contributed by atoms with E-state index in [1.165, 1.54) is 5.56 Å². The smallest absolute Gasteiger partial charge is 0.191 e. The first-order chi connectivity index (χ1) is 10.3. The number of methoxy groups -OCH3 is 1. The lowest BCUT2D eigenvalue weighted by atomic mass is 10.1. The highest BCUT2D eigenvalue weighted by atomic mass is 16.5. The van der Waals surface area contributed by atoms with Crippen LogP contribution >= 0.6 is 0 Å². The average Bonchev–Trinajstić information content (AvgIpc) is 2.91. The number of fused-ring (bicyclic) bond motifs is 1. The molecule has 0 fully saturated rings. The molecule has 0 spiro atoms. The molecule has 3 N–H and O–H groups in total. The summed E-state index contributed by atoms with van der Waals surface area (Å²) in [4.78, 5) is 7.87. The van der Waals surface area contributed by atoms with Crippen molar-refractivity contribution in [2.45, 2.75) is 20.3 Å². The lowest BCUT2D eigenvalue weighted by Gasteiger charge is -2.09. The summed E-state index contributed by atoms with van der Waals surface area (Å²) < 4.78 is 5.45. The van der Waals surface area contributed by atoms with Crippen LogP contribution in [0.2, 0.25) is 0 Å². The van der Waals surface area contributed by atoms with Crippen molar-refractivity contribution < 1.29 is 4.74 Å². The lowest BCUT2D eigenvalue weighted by Crippen LogP contribution is -2.37. The largest absolute Gasteiger partial charge is 0.496 e. The van der Waals surface area contributed by atoms with Gasteiger partial charge in [0.15, 0.2) is 5.96 Å². The molecule has 1 aromatic carbocycles. The molecule has 114 valence electrons. The highest BCUT2D eigenvalue weighted by Crippen LogP contribution is 2.28. The van der Waals surface area contributed by atoms with Crippen LogP contribution in [0.15, 0.2) is 29.4 Å². The number of nitrogens with zero attached hydrogens (tertiary/aromatic N) is 1. The molecule has 2 rings (SSSR count). The molecule has 0 aliphatic carbocycles. The van der Waals surface area contributed by atoms with E-state index in [1.807, 2.05) is 18.3 Å². The molecule has 0 aliphatic rings. The third-order valence-electron chi connectivity index (χ3n) is 3.31. The van der Waals surface area contributed by atoms with Crippen LogP contribution in [-0.2, 0) is 6.42 Å². The van der Waals surface area contributed by atoms with Gasteiger partial charge in [0.05, 0.1) is 7.11 Å². The van der Waals surface area contributed by atoms with E-state index in [9.17, 15) is 0 Å². The highest BCUT2D eigenvalue weighted by molar-refractivity contribution is 5.89. The number of aromatic amines is 1. The van der Waals surface area contributed by atoms with E-state index in [4.69, 9.17) is 4.74 Å². The summed E-state index contributed by atoms with van der Waals surface area (Å²) >= 11 is 0. The lowest BCUT2D eigenvalue weighted by molar-refractivity contribution is 0.419. The highest BCUT2D eigenvalue weighted by Gasteiger charge is 2.08. The van der Waals surface area contributed by atoms with Crippen molar-refractivity contribution in [2.24, 2.45) is 4.99 Å². The Labute approximate surface area is 125 Å². The predicted octanol–water partition coefficient (Wildman–Crippen LogP) is 2.29. The Bertz CT molecular complexity index is 595. The maximum Gasteiger partial charge on any atom is 0.191 e. The molecule has 2 aromatic rings. The average molecular weight is 288 g/mol. The van der Waals surface area contributed by atoms with Crippen LogP contribution in [0.1, 0.15) is 19.4 Å². The first-order valence-electron chi connectivity index (χ1n) is 7.45. The standard InChI is InChI=1S/C16H24N4O/c1-4-17-16(18-5-2)19-10-9-12-11-20-13-7-6-8-14(21-3)15(12)13/h6-8,11,20H,4-5,9-10H2,1-3H3,(H2,17,18,19). The summed E-state index contributed by atoms with van der Waals surface area (Å²) in [5.41, 5.74) is 2.34. The van der Waals surface area contributed by atoms with E-state index < -0.39 is 0 Å². The topological polar surface area (TPSA) is 61.4 Å². The Hall–Kier alpha value is -2.17.